The molecule has 0 saturated carbocycles. The third-order valence-electron chi connectivity index (χ3n) is 3.46. The summed E-state index contributed by atoms with van der Waals surface area (Å²) < 4.78 is 38.8. The molecule has 1 rings (SSSR count). The minimum absolute atomic E-state index is 0.354. The predicted octanol–water partition coefficient (Wildman–Crippen LogP) is 7.53. The Morgan fingerprint density at radius 3 is 2.39 bits per heavy atom. The SMILES string of the molecule is CCC/C(=C\C=C(/C)CC(C)C)c1cc(C(F)(F)F)ccc1Cl. The fourth-order valence-electron chi connectivity index (χ4n) is 2.48. The maximum atomic E-state index is 12.9. The quantitative estimate of drug-likeness (QED) is 0.468. The molecule has 0 bridgehead atoms. The molecular formula is C19H24ClF3. The van der Waals surface area contributed by atoms with Gasteiger partial charge in [0, 0.05) is 5.02 Å². The van der Waals surface area contributed by atoms with Gasteiger partial charge in [-0.05, 0) is 55.0 Å². The molecule has 0 aliphatic heterocycles. The Morgan fingerprint density at radius 1 is 1.22 bits per heavy atom. The van der Waals surface area contributed by atoms with Crippen LogP contribution in [0.2, 0.25) is 5.02 Å². The van der Waals surface area contributed by atoms with Gasteiger partial charge in [-0.2, -0.15) is 13.2 Å². The van der Waals surface area contributed by atoms with Gasteiger partial charge in [-0.1, -0.05) is 56.5 Å². The molecule has 4 heteroatoms. The van der Waals surface area contributed by atoms with Crippen LogP contribution in [-0.4, -0.2) is 0 Å². The second-order valence-electron chi connectivity index (χ2n) is 6.25. The van der Waals surface area contributed by atoms with E-state index in [1.54, 1.807) is 0 Å². The summed E-state index contributed by atoms with van der Waals surface area (Å²) in [6.45, 7) is 8.31. The minimum atomic E-state index is -4.36. The summed E-state index contributed by atoms with van der Waals surface area (Å²) in [6.07, 6.45) is 2.03. The maximum absolute atomic E-state index is 12.9. The van der Waals surface area contributed by atoms with Gasteiger partial charge in [-0.3, -0.25) is 0 Å². The van der Waals surface area contributed by atoms with Crippen LogP contribution in [0.4, 0.5) is 13.2 Å². The van der Waals surface area contributed by atoms with Crippen LogP contribution in [0.1, 0.15) is 58.1 Å². The number of allylic oxidation sites excluding steroid dienone is 4. The Hall–Kier alpha value is -1.22. The number of rotatable bonds is 6. The first kappa shape index (κ1) is 19.8. The molecule has 0 N–H and O–H groups in total. The predicted molar refractivity (Wildman–Crippen MR) is 92.6 cm³/mol. The van der Waals surface area contributed by atoms with Crippen molar-refractivity contribution in [2.75, 3.05) is 0 Å². The maximum Gasteiger partial charge on any atom is 0.416 e. The summed E-state index contributed by atoms with van der Waals surface area (Å²) in [7, 11) is 0. The van der Waals surface area contributed by atoms with Crippen molar-refractivity contribution in [2.45, 2.75) is 53.1 Å². The van der Waals surface area contributed by atoms with Crippen molar-refractivity contribution in [3.8, 4) is 0 Å². The molecule has 128 valence electrons. The first-order chi connectivity index (χ1) is 10.6. The second kappa shape index (κ2) is 8.58. The highest BCUT2D eigenvalue weighted by molar-refractivity contribution is 6.32. The van der Waals surface area contributed by atoms with E-state index in [2.05, 4.69) is 13.8 Å². The Balaban J connectivity index is 3.24. The van der Waals surface area contributed by atoms with Gasteiger partial charge in [-0.15, -0.1) is 0 Å². The van der Waals surface area contributed by atoms with Crippen LogP contribution in [0.25, 0.3) is 5.57 Å². The van der Waals surface area contributed by atoms with Crippen LogP contribution < -0.4 is 0 Å². The topological polar surface area (TPSA) is 0 Å². The van der Waals surface area contributed by atoms with Crippen molar-refractivity contribution in [2.24, 2.45) is 5.92 Å². The van der Waals surface area contributed by atoms with Crippen LogP contribution in [-0.2, 0) is 6.18 Å². The third-order valence-corrected chi connectivity index (χ3v) is 3.79. The van der Waals surface area contributed by atoms with Crippen molar-refractivity contribution >= 4 is 17.2 Å². The number of benzene rings is 1. The minimum Gasteiger partial charge on any atom is -0.166 e. The lowest BCUT2D eigenvalue weighted by Gasteiger charge is -2.13. The summed E-state index contributed by atoms with van der Waals surface area (Å²) in [5, 5.41) is 0.354. The van der Waals surface area contributed by atoms with E-state index in [1.165, 1.54) is 11.6 Å². The van der Waals surface area contributed by atoms with Crippen molar-refractivity contribution in [3.63, 3.8) is 0 Å². The molecule has 0 aliphatic rings. The molecule has 0 unspecified atom stereocenters. The molecule has 0 aliphatic carbocycles. The van der Waals surface area contributed by atoms with Crippen LogP contribution in [0.5, 0.6) is 0 Å². The van der Waals surface area contributed by atoms with Crippen molar-refractivity contribution in [1.29, 1.82) is 0 Å². The fourth-order valence-corrected chi connectivity index (χ4v) is 2.72. The van der Waals surface area contributed by atoms with Gasteiger partial charge in [0.1, 0.15) is 0 Å². The van der Waals surface area contributed by atoms with Gasteiger partial charge in [-0.25, -0.2) is 0 Å². The Kier molecular flexibility index (Phi) is 7.40. The average molecular weight is 345 g/mol. The molecule has 1 aromatic rings. The van der Waals surface area contributed by atoms with Gasteiger partial charge < -0.3 is 0 Å². The van der Waals surface area contributed by atoms with E-state index in [0.29, 0.717) is 22.9 Å². The van der Waals surface area contributed by atoms with Gasteiger partial charge in [0.15, 0.2) is 0 Å². The highest BCUT2D eigenvalue weighted by Gasteiger charge is 2.31. The van der Waals surface area contributed by atoms with Crippen LogP contribution in [0.15, 0.2) is 35.9 Å². The highest BCUT2D eigenvalue weighted by atomic mass is 35.5. The average Bonchev–Trinajstić information content (AvgIpc) is 2.42. The number of alkyl halides is 3. The van der Waals surface area contributed by atoms with Crippen molar-refractivity contribution in [1.82, 2.24) is 0 Å². The Labute approximate surface area is 142 Å². The summed E-state index contributed by atoms with van der Waals surface area (Å²) in [5.74, 6) is 0.548. The fraction of sp³-hybridized carbons (Fsp3) is 0.474. The number of halogens is 4. The normalized spacial score (nSPS) is 13.8. The lowest BCUT2D eigenvalue weighted by Crippen LogP contribution is -2.05. The van der Waals surface area contributed by atoms with E-state index in [-0.39, 0.29) is 0 Å². The number of hydrogen-bond acceptors (Lipinski definition) is 0. The molecular weight excluding hydrogens is 321 g/mol. The Morgan fingerprint density at radius 2 is 1.87 bits per heavy atom. The van der Waals surface area contributed by atoms with Gasteiger partial charge in [0.25, 0.3) is 0 Å². The smallest absolute Gasteiger partial charge is 0.166 e. The van der Waals surface area contributed by atoms with Gasteiger partial charge in [0.05, 0.1) is 5.56 Å². The zero-order valence-electron chi connectivity index (χ0n) is 14.1. The molecule has 0 fully saturated rings. The molecule has 0 heterocycles. The molecule has 0 amide bonds. The molecule has 0 atom stereocenters. The number of hydrogen-bond donors (Lipinski definition) is 0. The molecule has 1 aromatic carbocycles. The van der Waals surface area contributed by atoms with E-state index in [9.17, 15) is 13.2 Å². The van der Waals surface area contributed by atoms with Crippen LogP contribution >= 0.6 is 11.6 Å². The third kappa shape index (κ3) is 6.42. The monoisotopic (exact) mass is 344 g/mol. The largest absolute Gasteiger partial charge is 0.416 e. The molecule has 23 heavy (non-hydrogen) atoms. The molecule has 0 aromatic heterocycles. The van der Waals surface area contributed by atoms with Gasteiger partial charge >= 0.3 is 6.18 Å². The second-order valence-corrected chi connectivity index (χ2v) is 6.65. The van der Waals surface area contributed by atoms with E-state index >= 15 is 0 Å². The van der Waals surface area contributed by atoms with Gasteiger partial charge in [0.2, 0.25) is 0 Å². The molecule has 0 spiro atoms. The van der Waals surface area contributed by atoms with E-state index in [0.717, 1.165) is 30.5 Å². The standard InChI is InChI=1S/C19H24ClF3/c1-5-6-15(8-7-14(4)11-13(2)3)17-12-16(19(21,22)23)9-10-18(17)20/h7-10,12-13H,5-6,11H2,1-4H3/b14-7+,15-8+. The Bertz CT molecular complexity index is 581. The van der Waals surface area contributed by atoms with Crippen molar-refractivity contribution in [3.05, 3.63) is 52.1 Å². The first-order valence-electron chi connectivity index (χ1n) is 7.88. The van der Waals surface area contributed by atoms with E-state index in [4.69, 9.17) is 11.6 Å². The molecule has 0 saturated heterocycles. The van der Waals surface area contributed by atoms with Crippen LogP contribution in [0.3, 0.4) is 0 Å². The van der Waals surface area contributed by atoms with Crippen molar-refractivity contribution < 1.29 is 13.2 Å². The van der Waals surface area contributed by atoms with E-state index < -0.39 is 11.7 Å². The van der Waals surface area contributed by atoms with Crippen LogP contribution in [0, 0.1) is 5.92 Å². The highest BCUT2D eigenvalue weighted by Crippen LogP contribution is 2.35. The lowest BCUT2D eigenvalue weighted by atomic mass is 9.97. The van der Waals surface area contributed by atoms with E-state index in [1.807, 2.05) is 26.0 Å². The summed E-state index contributed by atoms with van der Waals surface area (Å²) in [5.41, 5.74) is 1.85. The summed E-state index contributed by atoms with van der Waals surface area (Å²) in [6, 6.07) is 3.50. The lowest BCUT2D eigenvalue weighted by molar-refractivity contribution is -0.137. The summed E-state index contributed by atoms with van der Waals surface area (Å²) >= 11 is 6.15. The first-order valence-corrected chi connectivity index (χ1v) is 8.26. The zero-order valence-corrected chi connectivity index (χ0v) is 14.9. The zero-order chi connectivity index (χ0) is 17.6. The molecule has 0 nitrogen and oxygen atoms in total. The molecule has 0 radical (unpaired) electrons. The summed E-state index contributed by atoms with van der Waals surface area (Å²) in [4.78, 5) is 0.